The first kappa shape index (κ1) is 10.5. The zero-order valence-corrected chi connectivity index (χ0v) is 8.90. The predicted octanol–water partition coefficient (Wildman–Crippen LogP) is 1.95. The first-order valence-corrected chi connectivity index (χ1v) is 4.95. The van der Waals surface area contributed by atoms with Crippen LogP contribution in [-0.4, -0.2) is 24.8 Å². The van der Waals surface area contributed by atoms with Gasteiger partial charge in [0.25, 0.3) is 0 Å². The normalized spacial score (nSPS) is 16.4. The van der Waals surface area contributed by atoms with Gasteiger partial charge in [-0.15, -0.1) is 0 Å². The SMILES string of the molecule is COc1ccc2c(c1)/C(=C/C(=O)O)CCO2. The van der Waals surface area contributed by atoms with E-state index in [1.165, 1.54) is 6.08 Å². The summed E-state index contributed by atoms with van der Waals surface area (Å²) in [7, 11) is 1.58. The molecule has 1 N–H and O–H groups in total. The summed E-state index contributed by atoms with van der Waals surface area (Å²) in [5, 5.41) is 8.77. The molecule has 0 saturated heterocycles. The quantitative estimate of drug-likeness (QED) is 0.774. The fourth-order valence-corrected chi connectivity index (χ4v) is 1.72. The van der Waals surface area contributed by atoms with Crippen molar-refractivity contribution in [1.29, 1.82) is 0 Å². The summed E-state index contributed by atoms with van der Waals surface area (Å²) in [6.45, 7) is 0.512. The topological polar surface area (TPSA) is 55.8 Å². The molecule has 0 spiro atoms. The van der Waals surface area contributed by atoms with Crippen LogP contribution in [0.4, 0.5) is 0 Å². The van der Waals surface area contributed by atoms with Gasteiger partial charge in [0.15, 0.2) is 0 Å². The number of rotatable bonds is 2. The number of hydrogen-bond acceptors (Lipinski definition) is 3. The number of carbonyl (C=O) groups is 1. The van der Waals surface area contributed by atoms with Crippen LogP contribution in [0.3, 0.4) is 0 Å². The van der Waals surface area contributed by atoms with E-state index in [4.69, 9.17) is 14.6 Å². The molecule has 16 heavy (non-hydrogen) atoms. The zero-order valence-electron chi connectivity index (χ0n) is 8.90. The fourth-order valence-electron chi connectivity index (χ4n) is 1.72. The summed E-state index contributed by atoms with van der Waals surface area (Å²) in [5.41, 5.74) is 1.57. The second-order valence-corrected chi connectivity index (χ2v) is 3.47. The van der Waals surface area contributed by atoms with E-state index in [1.807, 2.05) is 0 Å². The Morgan fingerprint density at radius 2 is 2.38 bits per heavy atom. The van der Waals surface area contributed by atoms with Gasteiger partial charge in [0.05, 0.1) is 13.7 Å². The second-order valence-electron chi connectivity index (χ2n) is 3.47. The van der Waals surface area contributed by atoms with Gasteiger partial charge in [-0.1, -0.05) is 0 Å². The van der Waals surface area contributed by atoms with Crippen molar-refractivity contribution in [3.05, 3.63) is 29.8 Å². The van der Waals surface area contributed by atoms with E-state index in [1.54, 1.807) is 25.3 Å². The molecule has 4 nitrogen and oxygen atoms in total. The van der Waals surface area contributed by atoms with Gasteiger partial charge in [-0.05, 0) is 23.8 Å². The van der Waals surface area contributed by atoms with Crippen LogP contribution >= 0.6 is 0 Å². The average Bonchev–Trinajstić information content (AvgIpc) is 2.28. The predicted molar refractivity (Wildman–Crippen MR) is 58.7 cm³/mol. The van der Waals surface area contributed by atoms with Crippen LogP contribution in [0.25, 0.3) is 5.57 Å². The molecule has 0 radical (unpaired) electrons. The first-order valence-electron chi connectivity index (χ1n) is 4.95. The average molecular weight is 220 g/mol. The third kappa shape index (κ3) is 2.00. The Morgan fingerprint density at radius 1 is 1.56 bits per heavy atom. The second kappa shape index (κ2) is 4.26. The summed E-state index contributed by atoms with van der Waals surface area (Å²) in [4.78, 5) is 10.7. The summed E-state index contributed by atoms with van der Waals surface area (Å²) in [5.74, 6) is 0.464. The molecule has 0 aromatic heterocycles. The highest BCUT2D eigenvalue weighted by atomic mass is 16.5. The highest BCUT2D eigenvalue weighted by Crippen LogP contribution is 2.35. The van der Waals surface area contributed by atoms with Gasteiger partial charge in [-0.3, -0.25) is 0 Å². The molecule has 1 aromatic rings. The number of carboxylic acids is 1. The largest absolute Gasteiger partial charge is 0.497 e. The molecule has 0 bridgehead atoms. The van der Waals surface area contributed by atoms with Crippen molar-refractivity contribution in [1.82, 2.24) is 0 Å². The van der Waals surface area contributed by atoms with Gasteiger partial charge in [0.1, 0.15) is 11.5 Å². The summed E-state index contributed by atoms with van der Waals surface area (Å²) in [6.07, 6.45) is 1.83. The Hall–Kier alpha value is -1.97. The lowest BCUT2D eigenvalue weighted by Gasteiger charge is -2.20. The molecule has 84 valence electrons. The van der Waals surface area contributed by atoms with Crippen molar-refractivity contribution in [2.75, 3.05) is 13.7 Å². The van der Waals surface area contributed by atoms with E-state index in [2.05, 4.69) is 0 Å². The third-order valence-corrected chi connectivity index (χ3v) is 2.46. The van der Waals surface area contributed by atoms with Crippen LogP contribution in [0.2, 0.25) is 0 Å². The van der Waals surface area contributed by atoms with E-state index in [-0.39, 0.29) is 0 Å². The number of ether oxygens (including phenoxy) is 2. The molecule has 4 heteroatoms. The highest BCUT2D eigenvalue weighted by Gasteiger charge is 2.16. The Morgan fingerprint density at radius 3 is 3.06 bits per heavy atom. The molecule has 0 atom stereocenters. The fraction of sp³-hybridized carbons (Fsp3) is 0.250. The minimum Gasteiger partial charge on any atom is -0.497 e. The van der Waals surface area contributed by atoms with Crippen LogP contribution in [-0.2, 0) is 4.79 Å². The van der Waals surface area contributed by atoms with E-state index in [0.29, 0.717) is 24.5 Å². The maximum atomic E-state index is 10.7. The van der Waals surface area contributed by atoms with Gasteiger partial charge < -0.3 is 14.6 Å². The van der Waals surface area contributed by atoms with Crippen LogP contribution in [0.5, 0.6) is 11.5 Å². The Balaban J connectivity index is 2.47. The van der Waals surface area contributed by atoms with Crippen molar-refractivity contribution in [3.8, 4) is 11.5 Å². The van der Waals surface area contributed by atoms with Crippen molar-refractivity contribution in [2.45, 2.75) is 6.42 Å². The molecule has 1 aliphatic heterocycles. The summed E-state index contributed by atoms with van der Waals surface area (Å²) < 4.78 is 10.5. The molecule has 1 aliphatic rings. The lowest BCUT2D eigenvalue weighted by atomic mass is 9.99. The number of benzene rings is 1. The van der Waals surface area contributed by atoms with Gasteiger partial charge in [0, 0.05) is 18.1 Å². The molecule has 1 aromatic carbocycles. The molecule has 0 fully saturated rings. The van der Waals surface area contributed by atoms with E-state index >= 15 is 0 Å². The number of fused-ring (bicyclic) bond motifs is 1. The van der Waals surface area contributed by atoms with Gasteiger partial charge in [0.2, 0.25) is 0 Å². The zero-order chi connectivity index (χ0) is 11.5. The number of hydrogen-bond donors (Lipinski definition) is 1. The molecule has 0 saturated carbocycles. The molecular weight excluding hydrogens is 208 g/mol. The van der Waals surface area contributed by atoms with Gasteiger partial charge in [-0.2, -0.15) is 0 Å². The number of carboxylic acid groups (broad SMARTS) is 1. The highest BCUT2D eigenvalue weighted by molar-refractivity contribution is 5.91. The number of methoxy groups -OCH3 is 1. The maximum absolute atomic E-state index is 10.7. The number of aliphatic carboxylic acids is 1. The van der Waals surface area contributed by atoms with Crippen molar-refractivity contribution < 1.29 is 19.4 Å². The minimum atomic E-state index is -0.939. The maximum Gasteiger partial charge on any atom is 0.328 e. The lowest BCUT2D eigenvalue weighted by molar-refractivity contribution is -0.131. The molecule has 0 aliphatic carbocycles. The van der Waals surface area contributed by atoms with Crippen LogP contribution in [0, 0.1) is 0 Å². The van der Waals surface area contributed by atoms with Gasteiger partial charge >= 0.3 is 5.97 Å². The molecular formula is C12H12O4. The molecule has 0 amide bonds. The standard InChI is InChI=1S/C12H12O4/c1-15-9-2-3-11-10(7-9)8(4-5-16-11)6-12(13)14/h2-3,6-7H,4-5H2,1H3,(H,13,14)/b8-6+. The first-order chi connectivity index (χ1) is 7.70. The molecule has 2 rings (SSSR count). The van der Waals surface area contributed by atoms with E-state index < -0.39 is 5.97 Å². The third-order valence-electron chi connectivity index (χ3n) is 2.46. The van der Waals surface area contributed by atoms with Crippen molar-refractivity contribution in [3.63, 3.8) is 0 Å². The lowest BCUT2D eigenvalue weighted by Crippen LogP contribution is -2.09. The van der Waals surface area contributed by atoms with Gasteiger partial charge in [-0.25, -0.2) is 4.79 Å². The van der Waals surface area contributed by atoms with Crippen LogP contribution in [0.1, 0.15) is 12.0 Å². The molecule has 1 heterocycles. The van der Waals surface area contributed by atoms with Crippen molar-refractivity contribution >= 4 is 11.5 Å². The van der Waals surface area contributed by atoms with Crippen LogP contribution < -0.4 is 9.47 Å². The van der Waals surface area contributed by atoms with E-state index in [0.717, 1.165) is 11.1 Å². The van der Waals surface area contributed by atoms with E-state index in [9.17, 15) is 4.79 Å². The Bertz CT molecular complexity index is 448. The Kier molecular flexibility index (Phi) is 2.81. The summed E-state index contributed by atoms with van der Waals surface area (Å²) >= 11 is 0. The van der Waals surface area contributed by atoms with Crippen LogP contribution in [0.15, 0.2) is 24.3 Å². The smallest absolute Gasteiger partial charge is 0.328 e. The molecule has 0 unspecified atom stereocenters. The van der Waals surface area contributed by atoms with Crippen molar-refractivity contribution in [2.24, 2.45) is 0 Å². The Labute approximate surface area is 93.1 Å². The monoisotopic (exact) mass is 220 g/mol. The summed E-state index contributed by atoms with van der Waals surface area (Å²) in [6, 6.07) is 5.38. The minimum absolute atomic E-state index is 0.512.